The fraction of sp³-hybridized carbons (Fsp3) is 0.875. The molecule has 6 nitrogen and oxygen atoms in total. The van der Waals surface area contributed by atoms with Gasteiger partial charge in [0.05, 0.1) is 13.2 Å². The molecule has 0 aromatic heterocycles. The quantitative estimate of drug-likeness (QED) is 0.440. The van der Waals surface area contributed by atoms with Gasteiger partial charge in [-0.15, -0.1) is 0 Å². The minimum Gasteiger partial charge on any atom is -0.467 e. The van der Waals surface area contributed by atoms with Crippen molar-refractivity contribution in [1.82, 2.24) is 0 Å². The fourth-order valence-corrected chi connectivity index (χ4v) is 1.32. The lowest BCUT2D eigenvalue weighted by atomic mass is 9.92. The Kier molecular flexibility index (Phi) is 3.43. The second-order valence-electron chi connectivity index (χ2n) is 3.31. The summed E-state index contributed by atoms with van der Waals surface area (Å²) in [7, 11) is 1.13. The summed E-state index contributed by atoms with van der Waals surface area (Å²) < 4.78 is 9.15. The first-order chi connectivity index (χ1) is 6.49. The van der Waals surface area contributed by atoms with Crippen LogP contribution in [-0.2, 0) is 14.3 Å². The van der Waals surface area contributed by atoms with E-state index in [4.69, 9.17) is 4.74 Å². The van der Waals surface area contributed by atoms with Crippen molar-refractivity contribution in [2.75, 3.05) is 7.11 Å². The van der Waals surface area contributed by atoms with Crippen molar-refractivity contribution in [1.29, 1.82) is 0 Å². The molecule has 0 amide bonds. The van der Waals surface area contributed by atoms with Gasteiger partial charge < -0.3 is 24.8 Å². The molecule has 1 heterocycles. The molecule has 6 heteroatoms. The first-order valence-corrected chi connectivity index (χ1v) is 4.26. The van der Waals surface area contributed by atoms with Crippen LogP contribution in [0.4, 0.5) is 0 Å². The van der Waals surface area contributed by atoms with Crippen LogP contribution in [0.1, 0.15) is 6.92 Å². The minimum absolute atomic E-state index is 0.647. The van der Waals surface area contributed by atoms with E-state index in [1.807, 2.05) is 0 Å². The molecule has 3 N–H and O–H groups in total. The maximum absolute atomic E-state index is 11.0. The molecule has 0 unspecified atom stereocenters. The Morgan fingerprint density at radius 3 is 2.36 bits per heavy atom. The maximum Gasteiger partial charge on any atom is 0.337 e. The van der Waals surface area contributed by atoms with Gasteiger partial charge >= 0.3 is 5.97 Å². The summed E-state index contributed by atoms with van der Waals surface area (Å²) in [6.07, 6.45) is -5.19. The number of aliphatic hydroxyl groups excluding tert-OH is 3. The molecule has 1 rings (SSSR count). The summed E-state index contributed by atoms with van der Waals surface area (Å²) in [6, 6.07) is 0. The number of hydrogen-bond donors (Lipinski definition) is 3. The van der Waals surface area contributed by atoms with Gasteiger partial charge in [-0.2, -0.15) is 0 Å². The van der Waals surface area contributed by atoms with E-state index in [1.54, 1.807) is 0 Å². The molecule has 1 fully saturated rings. The second kappa shape index (κ2) is 4.22. The third kappa shape index (κ3) is 1.88. The van der Waals surface area contributed by atoms with E-state index in [2.05, 4.69) is 4.74 Å². The Labute approximate surface area is 81.1 Å². The molecule has 1 saturated heterocycles. The molecule has 0 aliphatic carbocycles. The predicted octanol–water partition coefficient (Wildman–Crippen LogP) is -1.77. The monoisotopic (exact) mass is 206 g/mol. The van der Waals surface area contributed by atoms with Crippen LogP contribution in [0.25, 0.3) is 0 Å². The van der Waals surface area contributed by atoms with E-state index in [0.29, 0.717) is 0 Å². The van der Waals surface area contributed by atoms with Crippen LogP contribution < -0.4 is 0 Å². The number of methoxy groups -OCH3 is 1. The van der Waals surface area contributed by atoms with E-state index in [-0.39, 0.29) is 0 Å². The first kappa shape index (κ1) is 11.4. The van der Waals surface area contributed by atoms with Gasteiger partial charge in [0.25, 0.3) is 0 Å². The number of carbonyl (C=O) groups excluding carboxylic acids is 1. The summed E-state index contributed by atoms with van der Waals surface area (Å²) in [6.45, 7) is 1.51. The van der Waals surface area contributed by atoms with Crippen molar-refractivity contribution in [2.45, 2.75) is 31.5 Å². The lowest BCUT2D eigenvalue weighted by molar-refractivity contribution is -0.261. The lowest BCUT2D eigenvalue weighted by Gasteiger charge is -2.37. The summed E-state index contributed by atoms with van der Waals surface area (Å²) in [5, 5.41) is 28.2. The van der Waals surface area contributed by atoms with E-state index in [0.717, 1.165) is 7.11 Å². The molecule has 1 aliphatic rings. The standard InChI is InChI=1S/C8H14O6/c1-3-4(9)5(10)6(8(12)13-2)14-7(3)11/h3-7,9-11H,1-2H3/t3-,4-,5+,6+,7-/m1/s1. The SMILES string of the molecule is COC(=O)[C@H]1O[C@@H](O)[C@H](C)[C@@H](O)[C@@H]1O. The topological polar surface area (TPSA) is 96.2 Å². The van der Waals surface area contributed by atoms with Gasteiger partial charge in [0.15, 0.2) is 12.4 Å². The molecule has 0 radical (unpaired) electrons. The van der Waals surface area contributed by atoms with Gasteiger partial charge in [-0.3, -0.25) is 0 Å². The molecule has 0 spiro atoms. The van der Waals surface area contributed by atoms with Crippen LogP contribution in [-0.4, -0.2) is 53.0 Å². The highest BCUT2D eigenvalue weighted by Crippen LogP contribution is 2.24. The summed E-state index contributed by atoms with van der Waals surface area (Å²) in [4.78, 5) is 11.0. The van der Waals surface area contributed by atoms with Crippen molar-refractivity contribution < 1.29 is 29.6 Å². The highest BCUT2D eigenvalue weighted by Gasteiger charge is 2.45. The average Bonchev–Trinajstić information content (AvgIpc) is 2.19. The van der Waals surface area contributed by atoms with Crippen molar-refractivity contribution in [2.24, 2.45) is 5.92 Å². The number of aliphatic hydroxyl groups is 3. The van der Waals surface area contributed by atoms with Crippen LogP contribution in [0, 0.1) is 5.92 Å². The number of esters is 1. The van der Waals surface area contributed by atoms with Crippen molar-refractivity contribution >= 4 is 5.97 Å². The van der Waals surface area contributed by atoms with Gasteiger partial charge in [0.1, 0.15) is 6.10 Å². The van der Waals surface area contributed by atoms with Crippen molar-refractivity contribution in [3.63, 3.8) is 0 Å². The molecule has 5 atom stereocenters. The second-order valence-corrected chi connectivity index (χ2v) is 3.31. The highest BCUT2D eigenvalue weighted by molar-refractivity contribution is 5.75. The summed E-state index contributed by atoms with van der Waals surface area (Å²) in [5.74, 6) is -1.46. The maximum atomic E-state index is 11.0. The fourth-order valence-electron chi connectivity index (χ4n) is 1.32. The van der Waals surface area contributed by atoms with E-state index < -0.39 is 36.5 Å². The largest absolute Gasteiger partial charge is 0.467 e. The molecule has 0 aromatic rings. The van der Waals surface area contributed by atoms with E-state index in [9.17, 15) is 20.1 Å². The van der Waals surface area contributed by atoms with Gasteiger partial charge in [0, 0.05) is 5.92 Å². The third-order valence-corrected chi connectivity index (χ3v) is 2.37. The zero-order valence-corrected chi connectivity index (χ0v) is 7.95. The Balaban J connectivity index is 2.75. The van der Waals surface area contributed by atoms with Gasteiger partial charge in [-0.1, -0.05) is 6.92 Å². The van der Waals surface area contributed by atoms with Gasteiger partial charge in [-0.25, -0.2) is 4.79 Å². The summed E-state index contributed by atoms with van der Waals surface area (Å²) >= 11 is 0. The normalized spacial score (nSPS) is 43.4. The molecule has 0 saturated carbocycles. The molecular formula is C8H14O6. The van der Waals surface area contributed by atoms with Crippen molar-refractivity contribution in [3.05, 3.63) is 0 Å². The zero-order chi connectivity index (χ0) is 10.9. The van der Waals surface area contributed by atoms with Crippen LogP contribution >= 0.6 is 0 Å². The Morgan fingerprint density at radius 2 is 1.86 bits per heavy atom. The zero-order valence-electron chi connectivity index (χ0n) is 7.95. The van der Waals surface area contributed by atoms with Crippen LogP contribution in [0.15, 0.2) is 0 Å². The van der Waals surface area contributed by atoms with Crippen LogP contribution in [0.2, 0.25) is 0 Å². The molecule has 1 aliphatic heterocycles. The molecule has 0 bridgehead atoms. The Bertz CT molecular complexity index is 218. The smallest absolute Gasteiger partial charge is 0.337 e. The number of ether oxygens (including phenoxy) is 2. The predicted molar refractivity (Wildman–Crippen MR) is 44.1 cm³/mol. The molecule has 14 heavy (non-hydrogen) atoms. The van der Waals surface area contributed by atoms with Gasteiger partial charge in [0.2, 0.25) is 0 Å². The highest BCUT2D eigenvalue weighted by atomic mass is 16.6. The molecular weight excluding hydrogens is 192 g/mol. The summed E-state index contributed by atoms with van der Waals surface area (Å²) in [5.41, 5.74) is 0. The molecule has 0 aromatic carbocycles. The van der Waals surface area contributed by atoms with E-state index in [1.165, 1.54) is 6.92 Å². The number of hydrogen-bond acceptors (Lipinski definition) is 6. The first-order valence-electron chi connectivity index (χ1n) is 4.26. The third-order valence-electron chi connectivity index (χ3n) is 2.37. The number of rotatable bonds is 1. The Morgan fingerprint density at radius 1 is 1.29 bits per heavy atom. The molecule has 82 valence electrons. The minimum atomic E-state index is -1.37. The number of carbonyl (C=O) groups is 1. The van der Waals surface area contributed by atoms with E-state index >= 15 is 0 Å². The van der Waals surface area contributed by atoms with Crippen LogP contribution in [0.5, 0.6) is 0 Å². The van der Waals surface area contributed by atoms with Crippen LogP contribution in [0.3, 0.4) is 0 Å². The Hall–Kier alpha value is -0.690. The average molecular weight is 206 g/mol. The lowest BCUT2D eigenvalue weighted by Crippen LogP contribution is -2.56. The van der Waals surface area contributed by atoms with Crippen molar-refractivity contribution in [3.8, 4) is 0 Å². The van der Waals surface area contributed by atoms with Gasteiger partial charge in [-0.05, 0) is 0 Å².